The van der Waals surface area contributed by atoms with Gasteiger partial charge in [0.15, 0.2) is 5.78 Å². The monoisotopic (exact) mass is 365 g/mol. The average Bonchev–Trinajstić information content (AvgIpc) is 3.22. The van der Waals surface area contributed by atoms with E-state index in [9.17, 15) is 4.79 Å². The highest BCUT2D eigenvalue weighted by molar-refractivity contribution is 6.31. The largest absolute Gasteiger partial charge is 0.374 e. The Balaban J connectivity index is 1.61. The molecule has 2 aliphatic rings. The number of benzene rings is 2. The van der Waals surface area contributed by atoms with Crippen molar-refractivity contribution < 1.29 is 4.79 Å². The number of rotatable bonds is 2. The van der Waals surface area contributed by atoms with Gasteiger partial charge in [0.2, 0.25) is 0 Å². The molecule has 5 rings (SSSR count). The molecule has 0 bridgehead atoms. The molecule has 0 aliphatic carbocycles. The summed E-state index contributed by atoms with van der Waals surface area (Å²) in [6, 6.07) is 13.8. The van der Waals surface area contributed by atoms with E-state index < -0.39 is 0 Å². The molecule has 0 unspecified atom stereocenters. The Hall–Kier alpha value is -2.30. The number of carbonyl (C=O) groups excluding carboxylic acids is 1. The van der Waals surface area contributed by atoms with Crippen LogP contribution in [-0.4, -0.2) is 29.9 Å². The van der Waals surface area contributed by atoms with Crippen molar-refractivity contribution in [3.05, 3.63) is 64.8 Å². The van der Waals surface area contributed by atoms with Gasteiger partial charge in [-0.05, 0) is 49.7 Å². The molecular weight excluding hydrogens is 346 g/mol. The van der Waals surface area contributed by atoms with Gasteiger partial charge in [-0.3, -0.25) is 4.79 Å². The number of Topliss-reactive ketones (excluding diaryl/α,β-unsaturated/α-hetero) is 1. The maximum absolute atomic E-state index is 13.6. The summed E-state index contributed by atoms with van der Waals surface area (Å²) >= 11 is 6.09. The highest BCUT2D eigenvalue weighted by Gasteiger charge is 2.50. The fourth-order valence-electron chi connectivity index (χ4n) is 4.70. The first-order valence-electron chi connectivity index (χ1n) is 9.07. The lowest BCUT2D eigenvalue weighted by atomic mass is 9.68. The van der Waals surface area contributed by atoms with Gasteiger partial charge in [0.25, 0.3) is 0 Å². The summed E-state index contributed by atoms with van der Waals surface area (Å²) in [5.74, 6) is 0.150. The molecular formula is C21H20ClN3O. The number of fused-ring (bicyclic) bond motifs is 3. The van der Waals surface area contributed by atoms with Crippen LogP contribution >= 0.6 is 11.6 Å². The van der Waals surface area contributed by atoms with Crippen molar-refractivity contribution in [1.82, 2.24) is 10.3 Å². The van der Waals surface area contributed by atoms with Crippen molar-refractivity contribution in [2.24, 2.45) is 0 Å². The Morgan fingerprint density at radius 1 is 1.12 bits per heavy atom. The molecule has 0 radical (unpaired) electrons. The molecule has 26 heavy (non-hydrogen) atoms. The van der Waals surface area contributed by atoms with Gasteiger partial charge in [-0.25, -0.2) is 0 Å². The zero-order valence-electron chi connectivity index (χ0n) is 14.3. The summed E-state index contributed by atoms with van der Waals surface area (Å²) in [7, 11) is 0. The van der Waals surface area contributed by atoms with Gasteiger partial charge >= 0.3 is 0 Å². The SMILES string of the molecule is O=C(c1c[nH]c2cc(Cl)ccc12)[C@@H]1Nc2ccccc2C12CCNCC2. The predicted octanol–water partition coefficient (Wildman–Crippen LogP) is 4.12. The minimum atomic E-state index is -0.239. The van der Waals surface area contributed by atoms with Crippen LogP contribution in [0.15, 0.2) is 48.7 Å². The van der Waals surface area contributed by atoms with Crippen molar-refractivity contribution in [2.75, 3.05) is 18.4 Å². The molecule has 1 spiro atoms. The van der Waals surface area contributed by atoms with Crippen LogP contribution in [0.5, 0.6) is 0 Å². The van der Waals surface area contributed by atoms with Crippen molar-refractivity contribution in [1.29, 1.82) is 0 Å². The topological polar surface area (TPSA) is 56.9 Å². The fraction of sp³-hybridized carbons (Fsp3) is 0.286. The van der Waals surface area contributed by atoms with Gasteiger partial charge in [-0.15, -0.1) is 0 Å². The van der Waals surface area contributed by atoms with Crippen LogP contribution in [-0.2, 0) is 5.41 Å². The van der Waals surface area contributed by atoms with Gasteiger partial charge in [0.1, 0.15) is 0 Å². The minimum Gasteiger partial charge on any atom is -0.374 e. The van der Waals surface area contributed by atoms with Gasteiger partial charge in [-0.1, -0.05) is 35.9 Å². The molecule has 132 valence electrons. The van der Waals surface area contributed by atoms with Crippen LogP contribution in [0, 0.1) is 0 Å². The molecule has 3 N–H and O–H groups in total. The summed E-state index contributed by atoms with van der Waals surface area (Å²) in [4.78, 5) is 16.8. The summed E-state index contributed by atoms with van der Waals surface area (Å²) in [6.07, 6.45) is 3.74. The molecule has 5 heteroatoms. The highest BCUT2D eigenvalue weighted by atomic mass is 35.5. The predicted molar refractivity (Wildman–Crippen MR) is 105 cm³/mol. The lowest BCUT2D eigenvalue weighted by Gasteiger charge is -2.38. The number of halogens is 1. The number of aromatic amines is 1. The Bertz CT molecular complexity index is 1000. The molecule has 2 aliphatic heterocycles. The van der Waals surface area contributed by atoms with Gasteiger partial charge in [-0.2, -0.15) is 0 Å². The van der Waals surface area contributed by atoms with E-state index in [-0.39, 0.29) is 17.2 Å². The van der Waals surface area contributed by atoms with E-state index in [1.54, 1.807) is 0 Å². The average molecular weight is 366 g/mol. The van der Waals surface area contributed by atoms with Crippen molar-refractivity contribution in [3.63, 3.8) is 0 Å². The third-order valence-corrected chi connectivity index (χ3v) is 6.22. The summed E-state index contributed by atoms with van der Waals surface area (Å²) in [5, 5.41) is 8.58. The van der Waals surface area contributed by atoms with Crippen molar-refractivity contribution in [3.8, 4) is 0 Å². The smallest absolute Gasteiger partial charge is 0.188 e. The fourth-order valence-corrected chi connectivity index (χ4v) is 4.87. The van der Waals surface area contributed by atoms with E-state index in [0.717, 1.165) is 48.1 Å². The van der Waals surface area contributed by atoms with Crippen LogP contribution in [0.4, 0.5) is 5.69 Å². The van der Waals surface area contributed by atoms with Crippen LogP contribution in [0.25, 0.3) is 10.9 Å². The van der Waals surface area contributed by atoms with Gasteiger partial charge in [0, 0.05) is 38.8 Å². The normalized spacial score (nSPS) is 20.9. The number of aromatic nitrogens is 1. The van der Waals surface area contributed by atoms with Gasteiger partial charge in [0.05, 0.1) is 6.04 Å². The van der Waals surface area contributed by atoms with E-state index in [2.05, 4.69) is 33.8 Å². The zero-order valence-corrected chi connectivity index (χ0v) is 15.1. The molecule has 1 saturated heterocycles. The molecule has 4 nitrogen and oxygen atoms in total. The second-order valence-electron chi connectivity index (χ2n) is 7.29. The zero-order chi connectivity index (χ0) is 17.7. The molecule has 1 fully saturated rings. The number of piperidine rings is 1. The third-order valence-electron chi connectivity index (χ3n) is 5.98. The summed E-state index contributed by atoms with van der Waals surface area (Å²) < 4.78 is 0. The number of hydrogen-bond donors (Lipinski definition) is 3. The van der Waals surface area contributed by atoms with E-state index in [0.29, 0.717) is 5.02 Å². The number of anilines is 1. The standard InChI is InChI=1S/C21H20ClN3O/c22-13-5-6-14-15(12-24-18(14)11-13)19(26)20-21(7-9-23-10-8-21)16-3-1-2-4-17(16)25-20/h1-6,11-12,20,23-25H,7-10H2/t20-/m0/s1. The number of hydrogen-bond acceptors (Lipinski definition) is 3. The molecule has 2 aromatic carbocycles. The minimum absolute atomic E-state index is 0.144. The second-order valence-corrected chi connectivity index (χ2v) is 7.72. The number of nitrogens with one attached hydrogen (secondary N) is 3. The molecule has 1 aromatic heterocycles. The van der Waals surface area contributed by atoms with Crippen LogP contribution < -0.4 is 10.6 Å². The first-order valence-corrected chi connectivity index (χ1v) is 9.44. The number of para-hydroxylation sites is 1. The first kappa shape index (κ1) is 15.9. The Morgan fingerprint density at radius 2 is 1.92 bits per heavy atom. The van der Waals surface area contributed by atoms with Gasteiger partial charge < -0.3 is 15.6 Å². The van der Waals surface area contributed by atoms with Crippen LogP contribution in [0.1, 0.15) is 28.8 Å². The molecule has 1 atom stereocenters. The van der Waals surface area contributed by atoms with E-state index in [1.165, 1.54) is 5.56 Å². The Labute approximate surface area is 156 Å². The van der Waals surface area contributed by atoms with Crippen molar-refractivity contribution >= 4 is 34.0 Å². The maximum atomic E-state index is 13.6. The second kappa shape index (κ2) is 5.86. The lowest BCUT2D eigenvalue weighted by molar-refractivity contribution is 0.0920. The van der Waals surface area contributed by atoms with Crippen LogP contribution in [0.3, 0.4) is 0 Å². The van der Waals surface area contributed by atoms with Crippen LogP contribution in [0.2, 0.25) is 5.02 Å². The molecule has 3 heterocycles. The number of carbonyl (C=O) groups is 1. The molecule has 0 saturated carbocycles. The molecule has 3 aromatic rings. The quantitative estimate of drug-likeness (QED) is 0.599. The maximum Gasteiger partial charge on any atom is 0.188 e. The first-order chi connectivity index (χ1) is 12.7. The highest BCUT2D eigenvalue weighted by Crippen LogP contribution is 2.48. The third kappa shape index (κ3) is 2.22. The number of H-pyrrole nitrogens is 1. The summed E-state index contributed by atoms with van der Waals surface area (Å²) in [6.45, 7) is 1.87. The van der Waals surface area contributed by atoms with E-state index in [1.807, 2.05) is 30.5 Å². The summed E-state index contributed by atoms with van der Waals surface area (Å²) in [5.41, 5.74) is 3.86. The lowest BCUT2D eigenvalue weighted by Crippen LogP contribution is -2.50. The van der Waals surface area contributed by atoms with E-state index in [4.69, 9.17) is 11.6 Å². The van der Waals surface area contributed by atoms with E-state index >= 15 is 0 Å². The van der Waals surface area contributed by atoms with Crippen molar-refractivity contribution in [2.45, 2.75) is 24.3 Å². The Kier molecular flexibility index (Phi) is 3.59. The molecule has 0 amide bonds. The Morgan fingerprint density at radius 3 is 2.77 bits per heavy atom. The number of ketones is 1.